The molecule has 6 nitrogen and oxygen atoms in total. The van der Waals surface area contributed by atoms with Crippen molar-refractivity contribution in [3.05, 3.63) is 69.2 Å². The molecule has 2 aromatic heterocycles. The van der Waals surface area contributed by atoms with Crippen LogP contribution in [0.1, 0.15) is 22.5 Å². The van der Waals surface area contributed by atoms with Crippen LogP contribution in [-0.2, 0) is 6.18 Å². The third-order valence-electron chi connectivity index (χ3n) is 5.13. The van der Waals surface area contributed by atoms with Gasteiger partial charge in [-0.1, -0.05) is 24.2 Å². The van der Waals surface area contributed by atoms with Crippen molar-refractivity contribution in [2.75, 3.05) is 23.4 Å². The summed E-state index contributed by atoms with van der Waals surface area (Å²) in [6, 6.07) is 6.80. The number of benzene rings is 1. The van der Waals surface area contributed by atoms with Gasteiger partial charge in [0.05, 0.1) is 5.69 Å². The third-order valence-corrected chi connectivity index (χ3v) is 6.77. The van der Waals surface area contributed by atoms with Gasteiger partial charge in [0.1, 0.15) is 11.6 Å². The number of nitrogens with zero attached hydrogens (tertiary/aromatic N) is 5. The fourth-order valence-corrected chi connectivity index (χ4v) is 4.38. The number of hydrogen-bond donors (Lipinski definition) is 1. The lowest BCUT2D eigenvalue weighted by Gasteiger charge is -2.22. The molecule has 170 valence electrons. The van der Waals surface area contributed by atoms with Crippen LogP contribution >= 0.6 is 23.4 Å². The van der Waals surface area contributed by atoms with Crippen molar-refractivity contribution in [2.24, 2.45) is 10.9 Å². The lowest BCUT2D eigenvalue weighted by atomic mass is 10.1. The Balaban J connectivity index is 2.06. The van der Waals surface area contributed by atoms with Crippen molar-refractivity contribution in [1.82, 2.24) is 14.6 Å². The molecule has 4 rings (SSSR count). The van der Waals surface area contributed by atoms with E-state index in [2.05, 4.69) is 27.0 Å². The SMILES string of the molecule is C=CNc1cc(Cl)ccc1/C=c1\c(C)nc2c(C#N)c(C(F)(F)F)nn2c1=NCC1CSC1. The standard InChI is InChI=1S/C22H18ClF3N6S/c1-3-28-18-7-15(23)5-4-14(18)6-16-12(2)30-21-17(8-27)19(22(24,25)26)31-32(21)20(16)29-9-13-10-33-11-13/h3-7,13,28H,1,9-11H2,2H3/b16-6+,29-20?. The molecule has 0 bridgehead atoms. The molecule has 0 unspecified atom stereocenters. The van der Waals surface area contributed by atoms with Gasteiger partial charge < -0.3 is 5.32 Å². The average Bonchev–Trinajstić information content (AvgIpc) is 3.09. The smallest absolute Gasteiger partial charge is 0.362 e. The Morgan fingerprint density at radius 2 is 2.18 bits per heavy atom. The van der Waals surface area contributed by atoms with Crippen LogP contribution in [0.4, 0.5) is 18.9 Å². The molecule has 0 aliphatic carbocycles. The van der Waals surface area contributed by atoms with Crippen LogP contribution < -0.4 is 16.0 Å². The Bertz CT molecular complexity index is 1400. The highest BCUT2D eigenvalue weighted by Gasteiger charge is 2.39. The second kappa shape index (κ2) is 9.08. The number of halogens is 4. The van der Waals surface area contributed by atoms with Gasteiger partial charge in [0, 0.05) is 22.5 Å². The molecule has 0 saturated carbocycles. The van der Waals surface area contributed by atoms with Crippen LogP contribution in [0.3, 0.4) is 0 Å². The molecule has 11 heteroatoms. The molecule has 0 spiro atoms. The quantitative estimate of drug-likeness (QED) is 0.586. The van der Waals surface area contributed by atoms with E-state index in [1.54, 1.807) is 49.0 Å². The van der Waals surface area contributed by atoms with Crippen LogP contribution in [0.2, 0.25) is 5.02 Å². The molecule has 1 saturated heterocycles. The van der Waals surface area contributed by atoms with Gasteiger partial charge in [0.15, 0.2) is 16.8 Å². The maximum absolute atomic E-state index is 13.6. The zero-order valence-corrected chi connectivity index (χ0v) is 19.0. The highest BCUT2D eigenvalue weighted by molar-refractivity contribution is 8.00. The summed E-state index contributed by atoms with van der Waals surface area (Å²) >= 11 is 7.90. The van der Waals surface area contributed by atoms with Gasteiger partial charge in [0.25, 0.3) is 0 Å². The summed E-state index contributed by atoms with van der Waals surface area (Å²) in [6.07, 6.45) is -1.53. The average molecular weight is 491 g/mol. The highest BCUT2D eigenvalue weighted by atomic mass is 35.5. The first-order chi connectivity index (χ1) is 15.7. The second-order valence-electron chi connectivity index (χ2n) is 7.47. The minimum absolute atomic E-state index is 0.165. The fourth-order valence-electron chi connectivity index (χ4n) is 3.43. The Kier molecular flexibility index (Phi) is 6.36. The third kappa shape index (κ3) is 4.56. The molecular formula is C22H18ClF3N6S. The van der Waals surface area contributed by atoms with Gasteiger partial charge in [-0.2, -0.15) is 39.8 Å². The minimum atomic E-state index is -4.80. The molecule has 1 aliphatic rings. The first-order valence-electron chi connectivity index (χ1n) is 9.90. The summed E-state index contributed by atoms with van der Waals surface area (Å²) in [5, 5.41) is 17.2. The Hall–Kier alpha value is -3.03. The number of rotatable bonds is 5. The number of aryl methyl sites for hydroxylation is 1. The summed E-state index contributed by atoms with van der Waals surface area (Å²) < 4.78 is 41.8. The van der Waals surface area contributed by atoms with Crippen molar-refractivity contribution < 1.29 is 13.2 Å². The van der Waals surface area contributed by atoms with Crippen LogP contribution in [0.25, 0.3) is 11.7 Å². The molecule has 0 radical (unpaired) electrons. The first-order valence-corrected chi connectivity index (χ1v) is 11.4. The van der Waals surface area contributed by atoms with E-state index in [1.165, 1.54) is 6.20 Å². The van der Waals surface area contributed by atoms with Gasteiger partial charge in [-0.05, 0) is 54.3 Å². The lowest BCUT2D eigenvalue weighted by molar-refractivity contribution is -0.141. The van der Waals surface area contributed by atoms with E-state index >= 15 is 0 Å². The van der Waals surface area contributed by atoms with E-state index in [-0.39, 0.29) is 11.1 Å². The molecule has 1 aliphatic heterocycles. The van der Waals surface area contributed by atoms with Crippen molar-refractivity contribution in [3.63, 3.8) is 0 Å². The summed E-state index contributed by atoms with van der Waals surface area (Å²) in [4.78, 5) is 8.96. The van der Waals surface area contributed by atoms with E-state index in [9.17, 15) is 18.4 Å². The Morgan fingerprint density at radius 3 is 2.79 bits per heavy atom. The van der Waals surface area contributed by atoms with Gasteiger partial charge in [-0.25, -0.2) is 4.98 Å². The molecule has 1 aromatic carbocycles. The van der Waals surface area contributed by atoms with Crippen molar-refractivity contribution >= 4 is 40.8 Å². The van der Waals surface area contributed by atoms with Crippen LogP contribution in [0.5, 0.6) is 0 Å². The first kappa shape index (κ1) is 23.1. The number of anilines is 1. The maximum atomic E-state index is 13.6. The number of alkyl halides is 3. The number of nitrogens with one attached hydrogen (secondary N) is 1. The van der Waals surface area contributed by atoms with Gasteiger partial charge in [-0.3, -0.25) is 4.99 Å². The molecule has 1 N–H and O–H groups in total. The summed E-state index contributed by atoms with van der Waals surface area (Å²) in [6.45, 7) is 5.77. The maximum Gasteiger partial charge on any atom is 0.436 e. The summed E-state index contributed by atoms with van der Waals surface area (Å²) in [5.74, 6) is 2.22. The fraction of sp³-hybridized carbons (Fsp3) is 0.273. The largest absolute Gasteiger partial charge is 0.436 e. The van der Waals surface area contributed by atoms with Crippen LogP contribution in [-0.4, -0.2) is 32.6 Å². The van der Waals surface area contributed by atoms with Crippen molar-refractivity contribution in [3.8, 4) is 6.07 Å². The van der Waals surface area contributed by atoms with Gasteiger partial charge in [-0.15, -0.1) is 0 Å². The highest BCUT2D eigenvalue weighted by Crippen LogP contribution is 2.31. The molecule has 1 fully saturated rings. The van der Waals surface area contributed by atoms with Crippen molar-refractivity contribution in [2.45, 2.75) is 13.1 Å². The Morgan fingerprint density at radius 1 is 1.42 bits per heavy atom. The van der Waals surface area contributed by atoms with E-state index in [1.807, 2.05) is 0 Å². The number of nitriles is 1. The van der Waals surface area contributed by atoms with Gasteiger partial charge in [0.2, 0.25) is 0 Å². The van der Waals surface area contributed by atoms with Gasteiger partial charge >= 0.3 is 6.18 Å². The van der Waals surface area contributed by atoms with E-state index < -0.39 is 17.4 Å². The zero-order valence-electron chi connectivity index (χ0n) is 17.4. The summed E-state index contributed by atoms with van der Waals surface area (Å²) in [7, 11) is 0. The van der Waals surface area contributed by atoms with E-state index in [0.29, 0.717) is 39.6 Å². The number of fused-ring (bicyclic) bond motifs is 1. The van der Waals surface area contributed by atoms with Crippen molar-refractivity contribution in [1.29, 1.82) is 5.26 Å². The zero-order chi connectivity index (χ0) is 23.8. The predicted octanol–water partition coefficient (Wildman–Crippen LogP) is 3.95. The minimum Gasteiger partial charge on any atom is -0.362 e. The van der Waals surface area contributed by atoms with E-state index in [4.69, 9.17) is 11.6 Å². The molecule has 3 heterocycles. The lowest BCUT2D eigenvalue weighted by Crippen LogP contribution is -2.38. The molecule has 0 atom stereocenters. The molecule has 33 heavy (non-hydrogen) atoms. The Labute approximate surface area is 196 Å². The predicted molar refractivity (Wildman–Crippen MR) is 123 cm³/mol. The van der Waals surface area contributed by atoms with Crippen LogP contribution in [0.15, 0.2) is 36.0 Å². The number of thioether (sulfide) groups is 1. The monoisotopic (exact) mass is 490 g/mol. The number of aromatic nitrogens is 3. The molecule has 0 amide bonds. The topological polar surface area (TPSA) is 78.4 Å². The summed E-state index contributed by atoms with van der Waals surface area (Å²) in [5.41, 5.74) is -0.0366. The van der Waals surface area contributed by atoms with Crippen LogP contribution in [0, 0.1) is 24.2 Å². The number of hydrogen-bond acceptors (Lipinski definition) is 6. The normalized spacial score (nSPS) is 15.5. The molecular weight excluding hydrogens is 473 g/mol. The van der Waals surface area contributed by atoms with E-state index in [0.717, 1.165) is 16.0 Å². The second-order valence-corrected chi connectivity index (χ2v) is 8.98. The molecule has 3 aromatic rings.